The lowest BCUT2D eigenvalue weighted by molar-refractivity contribution is -0.133. The van der Waals surface area contributed by atoms with Gasteiger partial charge >= 0.3 is 0 Å². The Labute approximate surface area is 86.9 Å². The number of nitrogens with zero attached hydrogens (tertiary/aromatic N) is 1. The Kier molecular flexibility index (Phi) is 4.94. The van der Waals surface area contributed by atoms with Crippen LogP contribution >= 0.6 is 0 Å². The van der Waals surface area contributed by atoms with Crippen LogP contribution in [0, 0.1) is 5.92 Å². The lowest BCUT2D eigenvalue weighted by atomic mass is 10.1. The molecule has 1 fully saturated rings. The van der Waals surface area contributed by atoms with Gasteiger partial charge in [-0.3, -0.25) is 4.79 Å². The first-order valence-corrected chi connectivity index (χ1v) is 5.72. The van der Waals surface area contributed by atoms with Gasteiger partial charge in [0.1, 0.15) is 0 Å². The maximum Gasteiger partial charge on any atom is 0.222 e. The zero-order chi connectivity index (χ0) is 10.4. The summed E-state index contributed by atoms with van der Waals surface area (Å²) in [6.07, 6.45) is 3.02. The second-order valence-electron chi connectivity index (χ2n) is 4.21. The number of likely N-dealkylation sites (tertiary alicyclic amines) is 1. The van der Waals surface area contributed by atoms with Crippen LogP contribution < -0.4 is 5.32 Å². The molecule has 1 rings (SSSR count). The Morgan fingerprint density at radius 1 is 1.50 bits per heavy atom. The van der Waals surface area contributed by atoms with Crippen molar-refractivity contribution >= 4 is 5.91 Å². The van der Waals surface area contributed by atoms with Crippen LogP contribution in [0.3, 0.4) is 0 Å². The first-order valence-electron chi connectivity index (χ1n) is 5.72. The maximum absolute atomic E-state index is 11.5. The number of hydrogen-bond donors (Lipinski definition) is 1. The van der Waals surface area contributed by atoms with E-state index in [0.717, 1.165) is 39.0 Å². The molecule has 0 saturated carbocycles. The molecular formula is C11H22N2O. The number of hydrogen-bond acceptors (Lipinski definition) is 2. The van der Waals surface area contributed by atoms with Crippen molar-refractivity contribution in [3.63, 3.8) is 0 Å². The van der Waals surface area contributed by atoms with E-state index in [0.29, 0.717) is 11.8 Å². The highest BCUT2D eigenvalue weighted by Crippen LogP contribution is 2.12. The molecule has 0 aromatic heterocycles. The van der Waals surface area contributed by atoms with Gasteiger partial charge in [-0.15, -0.1) is 0 Å². The molecular weight excluding hydrogens is 176 g/mol. The van der Waals surface area contributed by atoms with Crippen molar-refractivity contribution in [3.8, 4) is 0 Å². The van der Waals surface area contributed by atoms with Crippen molar-refractivity contribution in [3.05, 3.63) is 0 Å². The summed E-state index contributed by atoms with van der Waals surface area (Å²) in [5, 5.41) is 3.31. The first kappa shape index (κ1) is 11.5. The number of carbonyl (C=O) groups is 1. The molecule has 0 aromatic carbocycles. The summed E-state index contributed by atoms with van der Waals surface area (Å²) in [7, 11) is 0. The molecule has 1 unspecified atom stereocenters. The van der Waals surface area contributed by atoms with Crippen molar-refractivity contribution in [1.82, 2.24) is 10.2 Å². The van der Waals surface area contributed by atoms with Crippen molar-refractivity contribution in [2.24, 2.45) is 5.92 Å². The molecule has 14 heavy (non-hydrogen) atoms. The smallest absolute Gasteiger partial charge is 0.222 e. The molecule has 1 aliphatic heterocycles. The molecule has 0 spiro atoms. The fourth-order valence-corrected chi connectivity index (χ4v) is 1.89. The normalized spacial score (nSPS) is 19.9. The molecule has 82 valence electrons. The molecule has 1 saturated heterocycles. The third-order valence-electron chi connectivity index (χ3n) is 2.70. The molecule has 1 heterocycles. The van der Waals surface area contributed by atoms with Crippen LogP contribution in [0.1, 0.15) is 33.1 Å². The maximum atomic E-state index is 11.5. The quantitative estimate of drug-likeness (QED) is 0.721. The predicted molar refractivity (Wildman–Crippen MR) is 58.1 cm³/mol. The van der Waals surface area contributed by atoms with Crippen LogP contribution in [0.2, 0.25) is 0 Å². The molecule has 1 amide bonds. The van der Waals surface area contributed by atoms with Gasteiger partial charge in [0.15, 0.2) is 0 Å². The summed E-state index contributed by atoms with van der Waals surface area (Å²) in [6.45, 7) is 8.23. The van der Waals surface area contributed by atoms with Gasteiger partial charge in [0.2, 0.25) is 5.91 Å². The average molecular weight is 198 g/mol. The third kappa shape index (κ3) is 3.66. The summed E-state index contributed by atoms with van der Waals surface area (Å²) in [5.74, 6) is 0.914. The van der Waals surface area contributed by atoms with Crippen molar-refractivity contribution in [2.75, 3.05) is 26.2 Å². The Balaban J connectivity index is 2.23. The van der Waals surface area contributed by atoms with Crippen LogP contribution in [-0.4, -0.2) is 37.0 Å². The second-order valence-corrected chi connectivity index (χ2v) is 4.21. The van der Waals surface area contributed by atoms with Gasteiger partial charge in [0.05, 0.1) is 0 Å². The van der Waals surface area contributed by atoms with E-state index >= 15 is 0 Å². The van der Waals surface area contributed by atoms with E-state index in [1.807, 2.05) is 4.90 Å². The molecule has 1 N–H and O–H groups in total. The van der Waals surface area contributed by atoms with Crippen LogP contribution in [0.5, 0.6) is 0 Å². The first-order chi connectivity index (χ1) is 6.74. The summed E-state index contributed by atoms with van der Waals surface area (Å²) >= 11 is 0. The van der Waals surface area contributed by atoms with Crippen molar-refractivity contribution in [1.29, 1.82) is 0 Å². The van der Waals surface area contributed by atoms with Crippen LogP contribution in [0.25, 0.3) is 0 Å². The third-order valence-corrected chi connectivity index (χ3v) is 2.70. The van der Waals surface area contributed by atoms with E-state index in [-0.39, 0.29) is 0 Å². The van der Waals surface area contributed by atoms with E-state index in [2.05, 4.69) is 19.2 Å². The molecule has 0 aliphatic carbocycles. The van der Waals surface area contributed by atoms with Gasteiger partial charge in [-0.1, -0.05) is 13.8 Å². The predicted octanol–water partition coefficient (Wildman–Crippen LogP) is 1.24. The number of amides is 1. The van der Waals surface area contributed by atoms with Crippen molar-refractivity contribution < 1.29 is 4.79 Å². The van der Waals surface area contributed by atoms with Gasteiger partial charge < -0.3 is 10.2 Å². The van der Waals surface area contributed by atoms with Gasteiger partial charge in [0, 0.05) is 19.5 Å². The van der Waals surface area contributed by atoms with Gasteiger partial charge in [-0.25, -0.2) is 0 Å². The Morgan fingerprint density at radius 2 is 2.29 bits per heavy atom. The zero-order valence-corrected chi connectivity index (χ0v) is 9.38. The molecule has 3 heteroatoms. The summed E-state index contributed by atoms with van der Waals surface area (Å²) in [6, 6.07) is 0. The largest absolute Gasteiger partial charge is 0.342 e. The standard InChI is InChI=1S/C11H22N2O/c1-3-12-8-10(2)9-13-7-5-4-6-11(13)14/h10,12H,3-9H2,1-2H3. The average Bonchev–Trinajstić information content (AvgIpc) is 2.18. The molecule has 1 atom stereocenters. The Hall–Kier alpha value is -0.570. The molecule has 1 aliphatic rings. The lowest BCUT2D eigenvalue weighted by Gasteiger charge is -2.29. The minimum absolute atomic E-state index is 0.347. The van der Waals surface area contributed by atoms with Crippen LogP contribution in [0.15, 0.2) is 0 Å². The minimum Gasteiger partial charge on any atom is -0.342 e. The summed E-state index contributed by atoms with van der Waals surface area (Å²) in [5.41, 5.74) is 0. The van der Waals surface area contributed by atoms with Crippen molar-refractivity contribution in [2.45, 2.75) is 33.1 Å². The minimum atomic E-state index is 0.347. The van der Waals surface area contributed by atoms with Gasteiger partial charge in [0.25, 0.3) is 0 Å². The van der Waals surface area contributed by atoms with E-state index < -0.39 is 0 Å². The van der Waals surface area contributed by atoms with Crippen LogP contribution in [-0.2, 0) is 4.79 Å². The number of piperidine rings is 1. The number of nitrogens with one attached hydrogen (secondary N) is 1. The zero-order valence-electron chi connectivity index (χ0n) is 9.38. The van der Waals surface area contributed by atoms with E-state index in [4.69, 9.17) is 0 Å². The molecule has 0 bridgehead atoms. The Morgan fingerprint density at radius 3 is 2.93 bits per heavy atom. The fourth-order valence-electron chi connectivity index (χ4n) is 1.89. The number of carbonyl (C=O) groups excluding carboxylic acids is 1. The molecule has 0 radical (unpaired) electrons. The Bertz CT molecular complexity index is 182. The number of rotatable bonds is 5. The second kappa shape index (κ2) is 6.02. The van der Waals surface area contributed by atoms with Gasteiger partial charge in [-0.05, 0) is 31.8 Å². The highest BCUT2D eigenvalue weighted by Gasteiger charge is 2.19. The highest BCUT2D eigenvalue weighted by atomic mass is 16.2. The molecule has 3 nitrogen and oxygen atoms in total. The highest BCUT2D eigenvalue weighted by molar-refractivity contribution is 5.76. The topological polar surface area (TPSA) is 32.3 Å². The van der Waals surface area contributed by atoms with E-state index in [9.17, 15) is 4.79 Å². The fraction of sp³-hybridized carbons (Fsp3) is 0.909. The monoisotopic (exact) mass is 198 g/mol. The van der Waals surface area contributed by atoms with Gasteiger partial charge in [-0.2, -0.15) is 0 Å². The van der Waals surface area contributed by atoms with Crippen LogP contribution in [0.4, 0.5) is 0 Å². The summed E-state index contributed by atoms with van der Waals surface area (Å²) in [4.78, 5) is 13.5. The molecule has 0 aromatic rings. The lowest BCUT2D eigenvalue weighted by Crippen LogP contribution is -2.40. The van der Waals surface area contributed by atoms with E-state index in [1.165, 1.54) is 6.42 Å². The summed E-state index contributed by atoms with van der Waals surface area (Å²) < 4.78 is 0. The van der Waals surface area contributed by atoms with E-state index in [1.54, 1.807) is 0 Å². The SMILES string of the molecule is CCNCC(C)CN1CCCCC1=O.